The number of benzene rings is 1. The summed E-state index contributed by atoms with van der Waals surface area (Å²) in [5.41, 5.74) is 1.25. The molecule has 0 radical (unpaired) electrons. The van der Waals surface area contributed by atoms with E-state index in [0.29, 0.717) is 12.6 Å². The van der Waals surface area contributed by atoms with Crippen molar-refractivity contribution in [3.63, 3.8) is 0 Å². The Morgan fingerprint density at radius 3 is 2.71 bits per heavy atom. The van der Waals surface area contributed by atoms with Crippen LogP contribution >= 0.6 is 0 Å². The number of likely N-dealkylation sites (N-methyl/N-ethyl adjacent to an activating group) is 1. The molecular formula is C17H25FN2O. The molecule has 1 N–H and O–H groups in total. The molecule has 1 aromatic carbocycles. The van der Waals surface area contributed by atoms with Crippen LogP contribution in [0.25, 0.3) is 0 Å². The molecular weight excluding hydrogens is 267 g/mol. The SMILES string of the molecule is CN1CCC[C@]2(CO)CCN(Cc3ccc(F)cc3)C[C@@H]12. The molecule has 116 valence electrons. The van der Waals surface area contributed by atoms with E-state index < -0.39 is 0 Å². The first kappa shape index (κ1) is 14.9. The van der Waals surface area contributed by atoms with Gasteiger partial charge in [-0.05, 0) is 57.1 Å². The molecule has 1 aromatic rings. The van der Waals surface area contributed by atoms with E-state index in [0.717, 1.165) is 44.6 Å². The summed E-state index contributed by atoms with van der Waals surface area (Å²) in [6, 6.07) is 7.24. The highest BCUT2D eigenvalue weighted by molar-refractivity contribution is 5.16. The van der Waals surface area contributed by atoms with E-state index in [1.807, 2.05) is 12.1 Å². The predicted molar refractivity (Wildman–Crippen MR) is 81.5 cm³/mol. The number of halogens is 1. The number of nitrogens with zero attached hydrogens (tertiary/aromatic N) is 2. The number of likely N-dealkylation sites (tertiary alicyclic amines) is 2. The van der Waals surface area contributed by atoms with Crippen LogP contribution in [-0.4, -0.2) is 54.2 Å². The van der Waals surface area contributed by atoms with Crippen LogP contribution in [0.5, 0.6) is 0 Å². The van der Waals surface area contributed by atoms with Crippen LogP contribution in [0.2, 0.25) is 0 Å². The summed E-state index contributed by atoms with van der Waals surface area (Å²) in [4.78, 5) is 4.85. The number of aliphatic hydroxyl groups excluding tert-OH is 1. The molecule has 2 fully saturated rings. The van der Waals surface area contributed by atoms with E-state index >= 15 is 0 Å². The van der Waals surface area contributed by atoms with Crippen LogP contribution < -0.4 is 0 Å². The van der Waals surface area contributed by atoms with E-state index in [1.54, 1.807) is 0 Å². The van der Waals surface area contributed by atoms with Crippen LogP contribution in [0.1, 0.15) is 24.8 Å². The van der Waals surface area contributed by atoms with Gasteiger partial charge in [0.15, 0.2) is 0 Å². The fraction of sp³-hybridized carbons (Fsp3) is 0.647. The van der Waals surface area contributed by atoms with Crippen molar-refractivity contribution in [2.75, 3.05) is 33.3 Å². The van der Waals surface area contributed by atoms with Crippen molar-refractivity contribution in [1.29, 1.82) is 0 Å². The monoisotopic (exact) mass is 292 g/mol. The smallest absolute Gasteiger partial charge is 0.123 e. The van der Waals surface area contributed by atoms with Gasteiger partial charge in [-0.25, -0.2) is 4.39 Å². The third-order valence-electron chi connectivity index (χ3n) is 5.42. The minimum Gasteiger partial charge on any atom is -0.396 e. The van der Waals surface area contributed by atoms with Gasteiger partial charge in [0.05, 0.1) is 6.61 Å². The van der Waals surface area contributed by atoms with Crippen molar-refractivity contribution in [3.8, 4) is 0 Å². The fourth-order valence-electron chi connectivity index (χ4n) is 4.07. The van der Waals surface area contributed by atoms with Gasteiger partial charge in [0, 0.05) is 24.5 Å². The lowest BCUT2D eigenvalue weighted by atomic mass is 9.69. The lowest BCUT2D eigenvalue weighted by Crippen LogP contribution is -2.61. The van der Waals surface area contributed by atoms with Gasteiger partial charge in [-0.15, -0.1) is 0 Å². The maximum absolute atomic E-state index is 13.0. The highest BCUT2D eigenvalue weighted by atomic mass is 19.1. The molecule has 0 unspecified atom stereocenters. The zero-order valence-electron chi connectivity index (χ0n) is 12.8. The van der Waals surface area contributed by atoms with Crippen LogP contribution in [0.4, 0.5) is 4.39 Å². The second kappa shape index (κ2) is 6.03. The lowest BCUT2D eigenvalue weighted by molar-refractivity contribution is -0.0684. The minimum absolute atomic E-state index is 0.0896. The molecule has 2 aliphatic rings. The molecule has 4 heteroatoms. The van der Waals surface area contributed by atoms with Crippen LogP contribution in [-0.2, 0) is 6.54 Å². The van der Waals surface area contributed by atoms with E-state index in [9.17, 15) is 9.50 Å². The van der Waals surface area contributed by atoms with Crippen molar-refractivity contribution in [3.05, 3.63) is 35.6 Å². The minimum atomic E-state index is -0.177. The molecule has 3 nitrogen and oxygen atoms in total. The zero-order chi connectivity index (χ0) is 14.9. The van der Waals surface area contributed by atoms with Gasteiger partial charge >= 0.3 is 0 Å². The largest absolute Gasteiger partial charge is 0.396 e. The summed E-state index contributed by atoms with van der Waals surface area (Å²) in [6.07, 6.45) is 3.38. The molecule has 2 saturated heterocycles. The molecule has 0 aromatic heterocycles. The van der Waals surface area contributed by atoms with Crippen molar-refractivity contribution in [2.24, 2.45) is 5.41 Å². The second-order valence-corrected chi connectivity index (χ2v) is 6.73. The summed E-state index contributed by atoms with van der Waals surface area (Å²) in [5, 5.41) is 9.91. The van der Waals surface area contributed by atoms with Gasteiger partial charge in [-0.3, -0.25) is 4.90 Å². The first-order valence-corrected chi connectivity index (χ1v) is 7.91. The summed E-state index contributed by atoms with van der Waals surface area (Å²) < 4.78 is 13.0. The summed E-state index contributed by atoms with van der Waals surface area (Å²) in [5.74, 6) is -0.177. The molecule has 2 aliphatic heterocycles. The number of aliphatic hydroxyl groups is 1. The first-order valence-electron chi connectivity index (χ1n) is 7.91. The highest BCUT2D eigenvalue weighted by Gasteiger charge is 2.46. The van der Waals surface area contributed by atoms with Crippen LogP contribution in [0.3, 0.4) is 0 Å². The molecule has 0 bridgehead atoms. The summed E-state index contributed by atoms with van der Waals surface area (Å²) in [6.45, 7) is 4.30. The zero-order valence-corrected chi connectivity index (χ0v) is 12.8. The Morgan fingerprint density at radius 2 is 2.00 bits per heavy atom. The molecule has 3 rings (SSSR count). The quantitative estimate of drug-likeness (QED) is 0.924. The Morgan fingerprint density at radius 1 is 1.24 bits per heavy atom. The van der Waals surface area contributed by atoms with E-state index in [-0.39, 0.29) is 11.2 Å². The van der Waals surface area contributed by atoms with Gasteiger partial charge in [0.25, 0.3) is 0 Å². The number of fused-ring (bicyclic) bond motifs is 1. The van der Waals surface area contributed by atoms with Crippen molar-refractivity contribution in [1.82, 2.24) is 9.80 Å². The van der Waals surface area contributed by atoms with Crippen LogP contribution in [0, 0.1) is 11.2 Å². The lowest BCUT2D eigenvalue weighted by Gasteiger charge is -2.53. The van der Waals surface area contributed by atoms with Gasteiger partial charge < -0.3 is 10.0 Å². The highest BCUT2D eigenvalue weighted by Crippen LogP contribution is 2.41. The number of hydrogen-bond donors (Lipinski definition) is 1. The molecule has 2 atom stereocenters. The Hall–Kier alpha value is -0.970. The average molecular weight is 292 g/mol. The topological polar surface area (TPSA) is 26.7 Å². The number of rotatable bonds is 3. The summed E-state index contributed by atoms with van der Waals surface area (Å²) in [7, 11) is 2.18. The third kappa shape index (κ3) is 2.98. The van der Waals surface area contributed by atoms with Gasteiger partial charge in [0.1, 0.15) is 5.82 Å². The Balaban J connectivity index is 1.69. The predicted octanol–water partition coefficient (Wildman–Crippen LogP) is 2.10. The molecule has 21 heavy (non-hydrogen) atoms. The standard InChI is InChI=1S/C17H25FN2O/c1-19-9-2-7-17(13-21)8-10-20(12-16(17)19)11-14-3-5-15(18)6-4-14/h3-6,16,21H,2,7-13H2,1H3/t16-,17-/m1/s1. The van der Waals surface area contributed by atoms with Gasteiger partial charge in [-0.2, -0.15) is 0 Å². The Labute approximate surface area is 126 Å². The average Bonchev–Trinajstić information content (AvgIpc) is 2.50. The van der Waals surface area contributed by atoms with Crippen LogP contribution in [0.15, 0.2) is 24.3 Å². The Bertz CT molecular complexity index is 478. The van der Waals surface area contributed by atoms with E-state index in [1.165, 1.54) is 18.6 Å². The number of piperidine rings is 2. The number of hydrogen-bond acceptors (Lipinski definition) is 3. The third-order valence-corrected chi connectivity index (χ3v) is 5.42. The molecule has 0 aliphatic carbocycles. The molecule has 0 spiro atoms. The Kier molecular flexibility index (Phi) is 4.29. The fourth-order valence-corrected chi connectivity index (χ4v) is 4.07. The molecule has 2 heterocycles. The van der Waals surface area contributed by atoms with Gasteiger partial charge in [0.2, 0.25) is 0 Å². The van der Waals surface area contributed by atoms with Crippen molar-refractivity contribution in [2.45, 2.75) is 31.8 Å². The normalized spacial score (nSPS) is 31.1. The maximum atomic E-state index is 13.0. The van der Waals surface area contributed by atoms with Gasteiger partial charge in [-0.1, -0.05) is 12.1 Å². The molecule has 0 saturated carbocycles. The summed E-state index contributed by atoms with van der Waals surface area (Å²) >= 11 is 0. The van der Waals surface area contributed by atoms with Crippen molar-refractivity contribution >= 4 is 0 Å². The van der Waals surface area contributed by atoms with E-state index in [4.69, 9.17) is 0 Å². The second-order valence-electron chi connectivity index (χ2n) is 6.73. The van der Waals surface area contributed by atoms with E-state index in [2.05, 4.69) is 16.8 Å². The maximum Gasteiger partial charge on any atom is 0.123 e. The first-order chi connectivity index (χ1) is 10.1. The van der Waals surface area contributed by atoms with Crippen molar-refractivity contribution < 1.29 is 9.50 Å². The molecule has 0 amide bonds.